The molecular formula is C18H21F. The van der Waals surface area contributed by atoms with Gasteiger partial charge in [0.25, 0.3) is 0 Å². The van der Waals surface area contributed by atoms with Crippen LogP contribution in [0, 0.1) is 18.7 Å². The molecule has 0 aliphatic rings. The van der Waals surface area contributed by atoms with Gasteiger partial charge in [-0.25, -0.2) is 4.39 Å². The Bertz CT molecular complexity index is 499. The Morgan fingerprint density at radius 2 is 1.63 bits per heavy atom. The van der Waals surface area contributed by atoms with Gasteiger partial charge in [0.15, 0.2) is 0 Å². The highest BCUT2D eigenvalue weighted by Gasteiger charge is 2.20. The van der Waals surface area contributed by atoms with E-state index in [4.69, 9.17) is 0 Å². The van der Waals surface area contributed by atoms with Gasteiger partial charge in [-0.15, -0.1) is 0 Å². The summed E-state index contributed by atoms with van der Waals surface area (Å²) < 4.78 is 13.5. The van der Waals surface area contributed by atoms with E-state index in [1.54, 1.807) is 12.1 Å². The zero-order valence-corrected chi connectivity index (χ0v) is 11.9. The molecule has 0 radical (unpaired) electrons. The summed E-state index contributed by atoms with van der Waals surface area (Å²) in [7, 11) is 0. The van der Waals surface area contributed by atoms with Crippen molar-refractivity contribution in [2.75, 3.05) is 0 Å². The maximum absolute atomic E-state index is 13.5. The Labute approximate surface area is 115 Å². The first-order chi connectivity index (χ1) is 9.11. The van der Waals surface area contributed by atoms with E-state index in [1.165, 1.54) is 17.2 Å². The molecule has 0 spiro atoms. The summed E-state index contributed by atoms with van der Waals surface area (Å²) in [6, 6.07) is 15.5. The summed E-state index contributed by atoms with van der Waals surface area (Å²) in [5, 5.41) is 0. The lowest BCUT2D eigenvalue weighted by atomic mass is 9.80. The van der Waals surface area contributed by atoms with E-state index in [9.17, 15) is 4.39 Å². The zero-order valence-electron chi connectivity index (χ0n) is 11.9. The molecule has 0 heterocycles. The molecule has 0 fully saturated rings. The van der Waals surface area contributed by atoms with Gasteiger partial charge in [0.05, 0.1) is 0 Å². The smallest absolute Gasteiger partial charge is 0.123 e. The fourth-order valence-corrected chi connectivity index (χ4v) is 2.65. The Kier molecular flexibility index (Phi) is 4.36. The highest BCUT2D eigenvalue weighted by molar-refractivity contribution is 5.35. The van der Waals surface area contributed by atoms with E-state index in [-0.39, 0.29) is 11.7 Å². The van der Waals surface area contributed by atoms with E-state index in [1.807, 2.05) is 6.07 Å². The summed E-state index contributed by atoms with van der Waals surface area (Å²) in [6.07, 6.45) is 1.08. The van der Waals surface area contributed by atoms with Crippen LogP contribution in [0.15, 0.2) is 48.5 Å². The summed E-state index contributed by atoms with van der Waals surface area (Å²) in [5.41, 5.74) is 3.60. The zero-order chi connectivity index (χ0) is 13.8. The predicted molar refractivity (Wildman–Crippen MR) is 78.9 cm³/mol. The van der Waals surface area contributed by atoms with E-state index in [0.717, 1.165) is 12.0 Å². The second-order valence-electron chi connectivity index (χ2n) is 5.33. The third-order valence-corrected chi connectivity index (χ3v) is 3.82. The molecule has 0 bridgehead atoms. The number of aryl methyl sites for hydroxylation is 1. The van der Waals surface area contributed by atoms with Gasteiger partial charge in [-0.3, -0.25) is 0 Å². The van der Waals surface area contributed by atoms with Gasteiger partial charge in [0, 0.05) is 5.92 Å². The molecule has 0 nitrogen and oxygen atoms in total. The van der Waals surface area contributed by atoms with Gasteiger partial charge in [-0.05, 0) is 36.1 Å². The van der Waals surface area contributed by atoms with Gasteiger partial charge in [0.1, 0.15) is 5.82 Å². The SMILES string of the molecule is CCC(C)C(c1cccc(C)c1)c1cccc(F)c1. The Morgan fingerprint density at radius 3 is 2.21 bits per heavy atom. The highest BCUT2D eigenvalue weighted by atomic mass is 19.1. The summed E-state index contributed by atoms with van der Waals surface area (Å²) in [4.78, 5) is 0. The van der Waals surface area contributed by atoms with Crippen LogP contribution in [-0.2, 0) is 0 Å². The van der Waals surface area contributed by atoms with Crippen molar-refractivity contribution in [2.24, 2.45) is 5.92 Å². The molecule has 0 aromatic heterocycles. The third-order valence-electron chi connectivity index (χ3n) is 3.82. The topological polar surface area (TPSA) is 0 Å². The van der Waals surface area contributed by atoms with Crippen LogP contribution in [0.2, 0.25) is 0 Å². The first kappa shape index (κ1) is 13.8. The van der Waals surface area contributed by atoms with Crippen molar-refractivity contribution in [3.8, 4) is 0 Å². The van der Waals surface area contributed by atoms with Crippen molar-refractivity contribution in [3.63, 3.8) is 0 Å². The Morgan fingerprint density at radius 1 is 1.00 bits per heavy atom. The average Bonchev–Trinajstić information content (AvgIpc) is 2.39. The van der Waals surface area contributed by atoms with Crippen LogP contribution in [0.1, 0.15) is 42.9 Å². The van der Waals surface area contributed by atoms with Crippen LogP contribution in [0.5, 0.6) is 0 Å². The van der Waals surface area contributed by atoms with Crippen molar-refractivity contribution >= 4 is 0 Å². The van der Waals surface area contributed by atoms with E-state index in [0.29, 0.717) is 5.92 Å². The van der Waals surface area contributed by atoms with Crippen LogP contribution in [0.25, 0.3) is 0 Å². The molecule has 0 saturated carbocycles. The Balaban J connectivity index is 2.47. The lowest BCUT2D eigenvalue weighted by molar-refractivity contribution is 0.493. The molecule has 0 aliphatic carbocycles. The minimum absolute atomic E-state index is 0.154. The van der Waals surface area contributed by atoms with Crippen molar-refractivity contribution in [1.29, 1.82) is 0 Å². The third kappa shape index (κ3) is 3.23. The van der Waals surface area contributed by atoms with Gasteiger partial charge < -0.3 is 0 Å². The van der Waals surface area contributed by atoms with Crippen molar-refractivity contribution in [1.82, 2.24) is 0 Å². The molecule has 2 unspecified atom stereocenters. The fraction of sp³-hybridized carbons (Fsp3) is 0.333. The van der Waals surface area contributed by atoms with Gasteiger partial charge in [-0.1, -0.05) is 62.2 Å². The van der Waals surface area contributed by atoms with Crippen LogP contribution < -0.4 is 0 Å². The molecular weight excluding hydrogens is 235 g/mol. The number of hydrogen-bond acceptors (Lipinski definition) is 0. The van der Waals surface area contributed by atoms with E-state index in [2.05, 4.69) is 45.0 Å². The van der Waals surface area contributed by atoms with Crippen molar-refractivity contribution in [3.05, 3.63) is 71.0 Å². The summed E-state index contributed by atoms with van der Waals surface area (Å²) in [5.74, 6) is 0.600. The summed E-state index contributed by atoms with van der Waals surface area (Å²) in [6.45, 7) is 6.52. The molecule has 2 rings (SSSR count). The van der Waals surface area contributed by atoms with Gasteiger partial charge >= 0.3 is 0 Å². The van der Waals surface area contributed by atoms with Gasteiger partial charge in [0.2, 0.25) is 0 Å². The molecule has 0 aliphatic heterocycles. The van der Waals surface area contributed by atoms with E-state index < -0.39 is 0 Å². The van der Waals surface area contributed by atoms with Crippen LogP contribution in [0.4, 0.5) is 4.39 Å². The minimum atomic E-state index is -0.154. The molecule has 100 valence electrons. The van der Waals surface area contributed by atoms with E-state index >= 15 is 0 Å². The van der Waals surface area contributed by atoms with Crippen molar-refractivity contribution in [2.45, 2.75) is 33.1 Å². The molecule has 0 N–H and O–H groups in total. The van der Waals surface area contributed by atoms with Crippen molar-refractivity contribution < 1.29 is 4.39 Å². The monoisotopic (exact) mass is 256 g/mol. The standard InChI is InChI=1S/C18H21F/c1-4-14(3)18(15-8-5-7-13(2)11-15)16-9-6-10-17(19)12-16/h5-12,14,18H,4H2,1-3H3. The average molecular weight is 256 g/mol. The Hall–Kier alpha value is -1.63. The second-order valence-corrected chi connectivity index (χ2v) is 5.33. The fourth-order valence-electron chi connectivity index (χ4n) is 2.65. The number of benzene rings is 2. The lowest BCUT2D eigenvalue weighted by Crippen LogP contribution is -2.11. The molecule has 0 amide bonds. The van der Waals surface area contributed by atoms with Crippen LogP contribution >= 0.6 is 0 Å². The highest BCUT2D eigenvalue weighted by Crippen LogP contribution is 2.34. The first-order valence-electron chi connectivity index (χ1n) is 6.94. The maximum atomic E-state index is 13.5. The molecule has 19 heavy (non-hydrogen) atoms. The molecule has 0 saturated heterocycles. The second kappa shape index (κ2) is 6.01. The molecule has 2 atom stereocenters. The largest absolute Gasteiger partial charge is 0.207 e. The van der Waals surface area contributed by atoms with Crippen LogP contribution in [0.3, 0.4) is 0 Å². The lowest BCUT2D eigenvalue weighted by Gasteiger charge is -2.24. The maximum Gasteiger partial charge on any atom is 0.123 e. The molecule has 2 aromatic carbocycles. The first-order valence-corrected chi connectivity index (χ1v) is 6.94. The number of rotatable bonds is 4. The quantitative estimate of drug-likeness (QED) is 0.695. The normalized spacial score (nSPS) is 14.1. The van der Waals surface area contributed by atoms with Gasteiger partial charge in [-0.2, -0.15) is 0 Å². The predicted octanol–water partition coefficient (Wildman–Crippen LogP) is 5.31. The minimum Gasteiger partial charge on any atom is -0.207 e. The molecule has 1 heteroatoms. The number of halogens is 1. The number of hydrogen-bond donors (Lipinski definition) is 0. The summed E-state index contributed by atoms with van der Waals surface area (Å²) >= 11 is 0. The molecule has 2 aromatic rings. The van der Waals surface area contributed by atoms with Crippen LogP contribution in [-0.4, -0.2) is 0 Å².